The fourth-order valence-electron chi connectivity index (χ4n) is 3.30. The Morgan fingerprint density at radius 3 is 2.29 bits per heavy atom. The summed E-state index contributed by atoms with van der Waals surface area (Å²) in [7, 11) is -1.75. The summed E-state index contributed by atoms with van der Waals surface area (Å²) in [5, 5.41) is 0. The normalized spacial score (nSPS) is 15.5. The van der Waals surface area contributed by atoms with Crippen LogP contribution < -0.4 is 9.21 Å². The quantitative estimate of drug-likeness (QED) is 0.807. The van der Waals surface area contributed by atoms with Crippen molar-refractivity contribution in [1.29, 1.82) is 0 Å². The summed E-state index contributed by atoms with van der Waals surface area (Å²) in [5.74, 6) is -0.162. The zero-order valence-electron chi connectivity index (χ0n) is 16.7. The van der Waals surface area contributed by atoms with Crippen molar-refractivity contribution in [2.24, 2.45) is 0 Å². The minimum Gasteiger partial charge on any atom is -0.334 e. The highest BCUT2D eigenvalue weighted by Crippen LogP contribution is 2.25. The highest BCUT2D eigenvalue weighted by molar-refractivity contribution is 7.92. The molecular formula is C21H28N3O3S+. The SMILES string of the molecule is Cc1ccc(S(=O)(=O)N(CC(=O)N2CC[NH+](C)CC2)c2cccc(C)c2)cc1. The Hall–Kier alpha value is -2.38. The van der Waals surface area contributed by atoms with E-state index in [9.17, 15) is 13.2 Å². The Morgan fingerprint density at radius 2 is 1.68 bits per heavy atom. The van der Waals surface area contributed by atoms with Crippen LogP contribution in [-0.2, 0) is 14.8 Å². The number of aryl methyl sites for hydroxylation is 2. The molecule has 2 aromatic rings. The van der Waals surface area contributed by atoms with Gasteiger partial charge in [0.05, 0.1) is 43.8 Å². The third-order valence-electron chi connectivity index (χ3n) is 5.15. The smallest absolute Gasteiger partial charge is 0.264 e. The molecule has 150 valence electrons. The van der Waals surface area contributed by atoms with E-state index in [4.69, 9.17) is 0 Å². The molecule has 1 heterocycles. The van der Waals surface area contributed by atoms with Crippen LogP contribution >= 0.6 is 0 Å². The Kier molecular flexibility index (Phi) is 6.05. The van der Waals surface area contributed by atoms with Gasteiger partial charge in [-0.3, -0.25) is 9.10 Å². The average Bonchev–Trinajstić information content (AvgIpc) is 2.66. The number of nitrogens with zero attached hydrogens (tertiary/aromatic N) is 2. The lowest BCUT2D eigenvalue weighted by molar-refractivity contribution is -0.883. The third-order valence-corrected chi connectivity index (χ3v) is 6.94. The lowest BCUT2D eigenvalue weighted by Crippen LogP contribution is -3.12. The van der Waals surface area contributed by atoms with Gasteiger partial charge in [0.25, 0.3) is 10.0 Å². The van der Waals surface area contributed by atoms with Gasteiger partial charge in [-0.15, -0.1) is 0 Å². The zero-order chi connectivity index (χ0) is 20.3. The van der Waals surface area contributed by atoms with E-state index >= 15 is 0 Å². The maximum Gasteiger partial charge on any atom is 0.264 e. The van der Waals surface area contributed by atoms with E-state index in [0.717, 1.165) is 24.2 Å². The molecule has 3 rings (SSSR count). The number of sulfonamides is 1. The van der Waals surface area contributed by atoms with E-state index in [0.29, 0.717) is 18.8 Å². The van der Waals surface area contributed by atoms with Gasteiger partial charge in [-0.25, -0.2) is 8.42 Å². The molecule has 0 unspecified atom stereocenters. The molecule has 0 atom stereocenters. The molecule has 1 saturated heterocycles. The fourth-order valence-corrected chi connectivity index (χ4v) is 4.70. The maximum atomic E-state index is 13.4. The summed E-state index contributed by atoms with van der Waals surface area (Å²) in [6.07, 6.45) is 0. The minimum absolute atomic E-state index is 0.162. The average molecular weight is 403 g/mol. The van der Waals surface area contributed by atoms with Crippen molar-refractivity contribution in [3.05, 3.63) is 59.7 Å². The molecule has 1 amide bonds. The van der Waals surface area contributed by atoms with Gasteiger partial charge in [0, 0.05) is 0 Å². The predicted molar refractivity (Wildman–Crippen MR) is 110 cm³/mol. The number of amides is 1. The van der Waals surface area contributed by atoms with E-state index in [2.05, 4.69) is 7.05 Å². The number of rotatable bonds is 5. The van der Waals surface area contributed by atoms with Crippen LogP contribution in [0.2, 0.25) is 0 Å². The first-order valence-corrected chi connectivity index (χ1v) is 11.0. The second kappa shape index (κ2) is 8.32. The lowest BCUT2D eigenvalue weighted by atomic mass is 10.2. The molecule has 0 saturated carbocycles. The number of anilines is 1. The summed E-state index contributed by atoms with van der Waals surface area (Å²) >= 11 is 0. The molecule has 1 aliphatic rings. The van der Waals surface area contributed by atoms with Crippen LogP contribution in [0.3, 0.4) is 0 Å². The van der Waals surface area contributed by atoms with Crippen LogP contribution in [0.4, 0.5) is 5.69 Å². The van der Waals surface area contributed by atoms with Gasteiger partial charge in [0.1, 0.15) is 6.54 Å². The van der Waals surface area contributed by atoms with Gasteiger partial charge >= 0.3 is 0 Å². The number of hydrogen-bond donors (Lipinski definition) is 1. The van der Waals surface area contributed by atoms with Crippen LogP contribution in [0.5, 0.6) is 0 Å². The standard InChI is InChI=1S/C21H27N3O3S/c1-17-7-9-20(10-8-17)28(26,27)24(19-6-4-5-18(2)15-19)16-21(25)23-13-11-22(3)12-14-23/h4-10,15H,11-14,16H2,1-3H3/p+1. The molecule has 2 aromatic carbocycles. The molecule has 0 aliphatic carbocycles. The number of benzene rings is 2. The number of hydrogen-bond acceptors (Lipinski definition) is 3. The molecule has 0 aromatic heterocycles. The largest absolute Gasteiger partial charge is 0.334 e. The van der Waals surface area contributed by atoms with Crippen molar-refractivity contribution in [3.8, 4) is 0 Å². The van der Waals surface area contributed by atoms with Gasteiger partial charge < -0.3 is 9.80 Å². The van der Waals surface area contributed by atoms with Gasteiger partial charge in [-0.2, -0.15) is 0 Å². The van der Waals surface area contributed by atoms with Crippen molar-refractivity contribution < 1.29 is 18.1 Å². The van der Waals surface area contributed by atoms with Crippen molar-refractivity contribution in [1.82, 2.24) is 4.90 Å². The van der Waals surface area contributed by atoms with Gasteiger partial charge in [0.15, 0.2) is 0 Å². The molecule has 6 nitrogen and oxygen atoms in total. The molecule has 7 heteroatoms. The van der Waals surface area contributed by atoms with Crippen LogP contribution in [0.1, 0.15) is 11.1 Å². The van der Waals surface area contributed by atoms with E-state index in [-0.39, 0.29) is 17.3 Å². The first-order valence-electron chi connectivity index (χ1n) is 9.52. The Morgan fingerprint density at radius 1 is 1.04 bits per heavy atom. The van der Waals surface area contributed by atoms with Crippen molar-refractivity contribution in [2.45, 2.75) is 18.7 Å². The second-order valence-electron chi connectivity index (χ2n) is 7.50. The fraction of sp³-hybridized carbons (Fsp3) is 0.381. The highest BCUT2D eigenvalue weighted by Gasteiger charge is 2.30. The summed E-state index contributed by atoms with van der Waals surface area (Å²) in [6, 6.07) is 14.0. The minimum atomic E-state index is -3.85. The molecule has 0 radical (unpaired) electrons. The third kappa shape index (κ3) is 4.54. The lowest BCUT2D eigenvalue weighted by Gasteiger charge is -2.32. The molecule has 1 N–H and O–H groups in total. The van der Waals surface area contributed by atoms with Crippen LogP contribution in [0.15, 0.2) is 53.4 Å². The molecule has 1 aliphatic heterocycles. The number of quaternary nitrogens is 1. The highest BCUT2D eigenvalue weighted by atomic mass is 32.2. The van der Waals surface area contributed by atoms with Gasteiger partial charge in [-0.1, -0.05) is 29.8 Å². The Bertz CT molecular complexity index is 934. The van der Waals surface area contributed by atoms with Crippen molar-refractivity contribution in [3.63, 3.8) is 0 Å². The first kappa shape index (κ1) is 20.4. The molecule has 1 fully saturated rings. The summed E-state index contributed by atoms with van der Waals surface area (Å²) in [6.45, 7) is 6.67. The van der Waals surface area contributed by atoms with Crippen LogP contribution in [-0.4, -0.2) is 59.0 Å². The number of likely N-dealkylation sites (N-methyl/N-ethyl adjacent to an activating group) is 1. The molecule has 28 heavy (non-hydrogen) atoms. The predicted octanol–water partition coefficient (Wildman–Crippen LogP) is 0.856. The summed E-state index contributed by atoms with van der Waals surface area (Å²) in [4.78, 5) is 16.3. The summed E-state index contributed by atoms with van der Waals surface area (Å²) < 4.78 is 28.0. The monoisotopic (exact) mass is 402 g/mol. The van der Waals surface area contributed by atoms with E-state index in [1.165, 1.54) is 9.21 Å². The number of carbonyl (C=O) groups excluding carboxylic acids is 1. The molecule has 0 bridgehead atoms. The number of piperazine rings is 1. The van der Waals surface area contributed by atoms with Crippen molar-refractivity contribution >= 4 is 21.6 Å². The van der Waals surface area contributed by atoms with Crippen LogP contribution in [0.25, 0.3) is 0 Å². The van der Waals surface area contributed by atoms with Crippen LogP contribution in [0, 0.1) is 13.8 Å². The van der Waals surface area contributed by atoms with E-state index < -0.39 is 10.0 Å². The Labute approximate surface area is 167 Å². The van der Waals surface area contributed by atoms with Gasteiger partial charge in [0.2, 0.25) is 5.91 Å². The number of nitrogens with one attached hydrogen (secondary N) is 1. The maximum absolute atomic E-state index is 13.4. The second-order valence-corrected chi connectivity index (χ2v) is 9.36. The molecular weight excluding hydrogens is 374 g/mol. The number of carbonyl (C=O) groups is 1. The summed E-state index contributed by atoms with van der Waals surface area (Å²) in [5.41, 5.74) is 2.43. The van der Waals surface area contributed by atoms with E-state index in [1.54, 1.807) is 41.3 Å². The van der Waals surface area contributed by atoms with Gasteiger partial charge in [-0.05, 0) is 43.7 Å². The first-order chi connectivity index (χ1) is 13.3. The van der Waals surface area contributed by atoms with E-state index in [1.807, 2.05) is 26.0 Å². The topological polar surface area (TPSA) is 62.1 Å². The Balaban J connectivity index is 1.93. The van der Waals surface area contributed by atoms with Crippen molar-refractivity contribution in [2.75, 3.05) is 44.1 Å². The molecule has 0 spiro atoms. The zero-order valence-corrected chi connectivity index (χ0v) is 17.5.